The maximum atomic E-state index is 12.6. The van der Waals surface area contributed by atoms with Crippen LogP contribution in [0.3, 0.4) is 0 Å². The molecule has 28 heavy (non-hydrogen) atoms. The number of methoxy groups -OCH3 is 1. The van der Waals surface area contributed by atoms with Gasteiger partial charge in [0.2, 0.25) is 11.1 Å². The minimum atomic E-state index is -0.442. The van der Waals surface area contributed by atoms with Crippen LogP contribution in [0.1, 0.15) is 45.7 Å². The van der Waals surface area contributed by atoms with Gasteiger partial charge in [0.15, 0.2) is 0 Å². The molecular weight excluding hydrogens is 376 g/mol. The van der Waals surface area contributed by atoms with Crippen LogP contribution in [-0.2, 0) is 9.53 Å². The fourth-order valence-electron chi connectivity index (χ4n) is 3.10. The fraction of sp³-hybridized carbons (Fsp3) is 0.450. The van der Waals surface area contributed by atoms with E-state index in [0.717, 1.165) is 23.5 Å². The normalized spacial score (nSPS) is 16.0. The number of aromatic nitrogens is 3. The average Bonchev–Trinajstić information content (AvgIpc) is 3.06. The number of carbonyl (C=O) groups excluding carboxylic acids is 1. The summed E-state index contributed by atoms with van der Waals surface area (Å²) in [6.07, 6.45) is 1.09. The first-order valence-electron chi connectivity index (χ1n) is 9.36. The summed E-state index contributed by atoms with van der Waals surface area (Å²) >= 11 is 1.60. The highest BCUT2D eigenvalue weighted by molar-refractivity contribution is 7.99. The summed E-state index contributed by atoms with van der Waals surface area (Å²) in [5, 5.41) is 8.54. The number of hydrogen-bond donors (Lipinski definition) is 1. The van der Waals surface area contributed by atoms with E-state index in [1.807, 2.05) is 45.0 Å². The Morgan fingerprint density at radius 2 is 2.18 bits per heavy atom. The van der Waals surface area contributed by atoms with Crippen molar-refractivity contribution in [3.63, 3.8) is 0 Å². The molecule has 1 aromatic carbocycles. The first-order valence-corrected chi connectivity index (χ1v) is 10.3. The minimum Gasteiger partial charge on any atom is -0.491 e. The van der Waals surface area contributed by atoms with Crippen LogP contribution in [0, 0.1) is 0 Å². The molecule has 2 heterocycles. The summed E-state index contributed by atoms with van der Waals surface area (Å²) in [6.45, 7) is 7.93. The molecule has 7 nitrogen and oxygen atoms in total. The van der Waals surface area contributed by atoms with E-state index in [-0.39, 0.29) is 6.10 Å². The number of hydrogen-bond acceptors (Lipinski definition) is 7. The zero-order chi connectivity index (χ0) is 20.3. The lowest BCUT2D eigenvalue weighted by atomic mass is 9.95. The zero-order valence-corrected chi connectivity index (χ0v) is 17.7. The van der Waals surface area contributed by atoms with Crippen molar-refractivity contribution in [3.8, 4) is 5.75 Å². The van der Waals surface area contributed by atoms with Crippen molar-refractivity contribution in [1.82, 2.24) is 14.8 Å². The maximum absolute atomic E-state index is 12.6. The molecule has 3 rings (SSSR count). The van der Waals surface area contributed by atoms with Gasteiger partial charge in [0.1, 0.15) is 11.8 Å². The van der Waals surface area contributed by atoms with Crippen LogP contribution in [-0.4, -0.2) is 39.7 Å². The van der Waals surface area contributed by atoms with E-state index in [1.165, 1.54) is 7.11 Å². The Balaban J connectivity index is 2.09. The van der Waals surface area contributed by atoms with Crippen LogP contribution in [0.4, 0.5) is 5.95 Å². The van der Waals surface area contributed by atoms with Crippen molar-refractivity contribution >= 4 is 23.7 Å². The first kappa shape index (κ1) is 20.3. The third-order valence-electron chi connectivity index (χ3n) is 4.22. The first-order chi connectivity index (χ1) is 13.4. The van der Waals surface area contributed by atoms with Gasteiger partial charge in [-0.05, 0) is 44.9 Å². The molecule has 0 radical (unpaired) electrons. The maximum Gasteiger partial charge on any atom is 0.338 e. The van der Waals surface area contributed by atoms with Gasteiger partial charge in [-0.25, -0.2) is 9.48 Å². The van der Waals surface area contributed by atoms with E-state index in [9.17, 15) is 4.79 Å². The van der Waals surface area contributed by atoms with Gasteiger partial charge in [-0.2, -0.15) is 4.98 Å². The SMILES string of the molecule is CCCSc1nc2n(n1)C(c1cccc(OC(C)C)c1)C(C(=O)OC)=C(C)N2. The lowest BCUT2D eigenvalue weighted by molar-refractivity contribution is -0.136. The summed E-state index contributed by atoms with van der Waals surface area (Å²) in [7, 11) is 1.39. The van der Waals surface area contributed by atoms with Gasteiger partial charge in [-0.3, -0.25) is 0 Å². The predicted molar refractivity (Wildman–Crippen MR) is 110 cm³/mol. The van der Waals surface area contributed by atoms with Crippen molar-refractivity contribution in [3.05, 3.63) is 41.1 Å². The van der Waals surface area contributed by atoms with Gasteiger partial charge >= 0.3 is 5.97 Å². The topological polar surface area (TPSA) is 78.3 Å². The van der Waals surface area contributed by atoms with Crippen LogP contribution in [0.25, 0.3) is 0 Å². The Labute approximate surface area is 169 Å². The Morgan fingerprint density at radius 1 is 1.39 bits per heavy atom. The number of fused-ring (bicyclic) bond motifs is 1. The second kappa shape index (κ2) is 8.68. The smallest absolute Gasteiger partial charge is 0.338 e. The number of ether oxygens (including phenoxy) is 2. The van der Waals surface area contributed by atoms with Crippen LogP contribution in [0.15, 0.2) is 40.7 Å². The van der Waals surface area contributed by atoms with Gasteiger partial charge in [0.05, 0.1) is 18.8 Å². The average molecular weight is 403 g/mol. The summed E-state index contributed by atoms with van der Waals surface area (Å²) in [5.74, 6) is 1.90. The number of rotatable bonds is 7. The summed E-state index contributed by atoms with van der Waals surface area (Å²) in [5.41, 5.74) is 2.10. The molecule has 1 aliphatic rings. The number of carbonyl (C=O) groups is 1. The molecule has 2 aromatic rings. The monoisotopic (exact) mass is 402 g/mol. The van der Waals surface area contributed by atoms with Gasteiger partial charge in [0.25, 0.3) is 0 Å². The van der Waals surface area contributed by atoms with Gasteiger partial charge < -0.3 is 14.8 Å². The van der Waals surface area contributed by atoms with E-state index in [2.05, 4.69) is 22.3 Å². The van der Waals surface area contributed by atoms with E-state index >= 15 is 0 Å². The molecule has 0 saturated carbocycles. The van der Waals surface area contributed by atoms with E-state index in [4.69, 9.17) is 9.47 Å². The Hall–Kier alpha value is -2.48. The van der Waals surface area contributed by atoms with Gasteiger partial charge in [0, 0.05) is 11.4 Å². The molecule has 0 bridgehead atoms. The third kappa shape index (κ3) is 4.16. The third-order valence-corrected chi connectivity index (χ3v) is 5.26. The number of anilines is 1. The fourth-order valence-corrected chi connectivity index (χ4v) is 3.78. The number of esters is 1. The molecule has 0 saturated heterocycles. The van der Waals surface area contributed by atoms with E-state index in [0.29, 0.717) is 22.4 Å². The largest absolute Gasteiger partial charge is 0.491 e. The molecule has 1 N–H and O–H groups in total. The van der Waals surface area contributed by atoms with E-state index in [1.54, 1.807) is 16.4 Å². The van der Waals surface area contributed by atoms with Crippen molar-refractivity contribution in [1.29, 1.82) is 0 Å². The molecule has 8 heteroatoms. The van der Waals surface area contributed by atoms with Crippen molar-refractivity contribution in [2.75, 3.05) is 18.2 Å². The molecule has 1 aromatic heterocycles. The lowest BCUT2D eigenvalue weighted by Crippen LogP contribution is -2.29. The Kier molecular flexibility index (Phi) is 6.28. The molecule has 0 fully saturated rings. The van der Waals surface area contributed by atoms with Gasteiger partial charge in [-0.1, -0.05) is 30.8 Å². The van der Waals surface area contributed by atoms with E-state index < -0.39 is 12.0 Å². The zero-order valence-electron chi connectivity index (χ0n) is 16.9. The number of allylic oxidation sites excluding steroid dienone is 1. The van der Waals surface area contributed by atoms with Gasteiger partial charge in [-0.15, -0.1) is 5.10 Å². The number of thioether (sulfide) groups is 1. The predicted octanol–water partition coefficient (Wildman–Crippen LogP) is 4.03. The second-order valence-corrected chi connectivity index (χ2v) is 7.87. The minimum absolute atomic E-state index is 0.0552. The lowest BCUT2D eigenvalue weighted by Gasteiger charge is -2.28. The molecular formula is C20H26N4O3S. The van der Waals surface area contributed by atoms with Crippen molar-refractivity contribution in [2.24, 2.45) is 0 Å². The molecule has 0 aliphatic carbocycles. The quantitative estimate of drug-likeness (QED) is 0.553. The molecule has 0 amide bonds. The van der Waals surface area contributed by atoms with Crippen LogP contribution in [0.2, 0.25) is 0 Å². The molecule has 0 spiro atoms. The van der Waals surface area contributed by atoms with Crippen LogP contribution < -0.4 is 10.1 Å². The summed E-state index contributed by atoms with van der Waals surface area (Å²) in [6, 6.07) is 7.29. The number of nitrogens with one attached hydrogen (secondary N) is 1. The molecule has 1 atom stereocenters. The van der Waals surface area contributed by atoms with Crippen LogP contribution in [0.5, 0.6) is 5.75 Å². The summed E-state index contributed by atoms with van der Waals surface area (Å²) < 4.78 is 12.7. The Morgan fingerprint density at radius 3 is 2.86 bits per heavy atom. The highest BCUT2D eigenvalue weighted by atomic mass is 32.2. The number of benzene rings is 1. The number of nitrogens with zero attached hydrogens (tertiary/aromatic N) is 3. The Bertz CT molecular complexity index is 891. The molecule has 1 aliphatic heterocycles. The highest BCUT2D eigenvalue weighted by Gasteiger charge is 2.35. The standard InChI is InChI=1S/C20H26N4O3S/c1-6-10-28-20-22-19-21-13(4)16(18(25)26-5)17(24(19)23-20)14-8-7-9-15(11-14)27-12(2)3/h7-9,11-12,17H,6,10H2,1-5H3,(H,21,22,23). The molecule has 1 unspecified atom stereocenters. The van der Waals surface area contributed by atoms with Crippen molar-refractivity contribution in [2.45, 2.75) is 51.4 Å². The second-order valence-electron chi connectivity index (χ2n) is 6.81. The van der Waals surface area contributed by atoms with Crippen molar-refractivity contribution < 1.29 is 14.3 Å². The highest BCUT2D eigenvalue weighted by Crippen LogP contribution is 2.37. The molecule has 150 valence electrons. The summed E-state index contributed by atoms with van der Waals surface area (Å²) in [4.78, 5) is 17.2. The van der Waals surface area contributed by atoms with Crippen LogP contribution >= 0.6 is 11.8 Å².